The summed E-state index contributed by atoms with van der Waals surface area (Å²) in [5.41, 5.74) is 6.24. The highest BCUT2D eigenvalue weighted by molar-refractivity contribution is 5.92. The van der Waals surface area contributed by atoms with Crippen molar-refractivity contribution in [1.82, 2.24) is 0 Å². The molecule has 1 amide bonds. The summed E-state index contributed by atoms with van der Waals surface area (Å²) in [5, 5.41) is 2.84. The van der Waals surface area contributed by atoms with Crippen molar-refractivity contribution in [2.24, 2.45) is 11.7 Å². The zero-order valence-corrected chi connectivity index (χ0v) is 12.6. The Morgan fingerprint density at radius 2 is 1.95 bits per heavy atom. The Balaban J connectivity index is 0.00000200. The first-order chi connectivity index (χ1) is 9.19. The predicted molar refractivity (Wildman–Crippen MR) is 83.4 cm³/mol. The molecule has 0 bridgehead atoms. The smallest absolute Gasteiger partial charge is 0.228 e. The van der Waals surface area contributed by atoms with Crippen LogP contribution in [0.25, 0.3) is 0 Å². The van der Waals surface area contributed by atoms with Crippen molar-refractivity contribution in [3.8, 4) is 5.75 Å². The van der Waals surface area contributed by atoms with E-state index in [1.54, 1.807) is 0 Å². The van der Waals surface area contributed by atoms with Gasteiger partial charge in [0.2, 0.25) is 5.91 Å². The number of hydrogen-bond acceptors (Lipinski definition) is 3. The summed E-state index contributed by atoms with van der Waals surface area (Å²) < 4.78 is 5.87. The molecule has 3 N–H and O–H groups in total. The van der Waals surface area contributed by atoms with Crippen molar-refractivity contribution in [1.29, 1.82) is 0 Å². The molecule has 5 heteroatoms. The number of carbonyl (C=O) groups is 1. The molecular weight excluding hydrogens is 276 g/mol. The second-order valence-corrected chi connectivity index (χ2v) is 5.17. The fraction of sp³-hybridized carbons (Fsp3) is 0.533. The maximum atomic E-state index is 11.7. The van der Waals surface area contributed by atoms with Gasteiger partial charge in [-0.1, -0.05) is 6.92 Å². The van der Waals surface area contributed by atoms with Gasteiger partial charge in [0.1, 0.15) is 5.75 Å². The average Bonchev–Trinajstić information content (AvgIpc) is 2.93. The third-order valence-electron chi connectivity index (χ3n) is 3.53. The summed E-state index contributed by atoms with van der Waals surface area (Å²) in [5.74, 6) is 0.651. The van der Waals surface area contributed by atoms with E-state index >= 15 is 0 Å². The summed E-state index contributed by atoms with van der Waals surface area (Å²) in [7, 11) is 0. The van der Waals surface area contributed by atoms with E-state index in [0.717, 1.165) is 24.3 Å². The lowest BCUT2D eigenvalue weighted by atomic mass is 10.1. The first-order valence-electron chi connectivity index (χ1n) is 6.96. The van der Waals surface area contributed by atoms with Gasteiger partial charge in [-0.15, -0.1) is 12.4 Å². The van der Waals surface area contributed by atoms with Gasteiger partial charge in [-0.3, -0.25) is 4.79 Å². The van der Waals surface area contributed by atoms with Crippen molar-refractivity contribution in [3.63, 3.8) is 0 Å². The highest BCUT2D eigenvalue weighted by Crippen LogP contribution is 2.25. The highest BCUT2D eigenvalue weighted by atomic mass is 35.5. The van der Waals surface area contributed by atoms with Crippen LogP contribution in [0.4, 0.5) is 5.69 Å². The molecule has 1 aliphatic carbocycles. The minimum atomic E-state index is -0.172. The summed E-state index contributed by atoms with van der Waals surface area (Å²) in [6.45, 7) is 2.17. The molecule has 4 nitrogen and oxygen atoms in total. The molecule has 1 aliphatic rings. The second-order valence-electron chi connectivity index (χ2n) is 5.17. The molecule has 0 aliphatic heterocycles. The molecule has 0 aromatic heterocycles. The van der Waals surface area contributed by atoms with Crippen LogP contribution < -0.4 is 15.8 Å². The Labute approximate surface area is 126 Å². The van der Waals surface area contributed by atoms with Crippen LogP contribution in [0.2, 0.25) is 0 Å². The fourth-order valence-electron chi connectivity index (χ4n) is 2.19. The number of benzene rings is 1. The number of hydrogen-bond donors (Lipinski definition) is 2. The van der Waals surface area contributed by atoms with E-state index in [-0.39, 0.29) is 24.2 Å². The van der Waals surface area contributed by atoms with Gasteiger partial charge in [0, 0.05) is 18.2 Å². The van der Waals surface area contributed by atoms with Crippen LogP contribution in [0.15, 0.2) is 24.3 Å². The molecule has 0 heterocycles. The van der Waals surface area contributed by atoms with Gasteiger partial charge in [0.05, 0.1) is 6.10 Å². The van der Waals surface area contributed by atoms with E-state index in [1.807, 2.05) is 31.2 Å². The van der Waals surface area contributed by atoms with Crippen molar-refractivity contribution < 1.29 is 9.53 Å². The Morgan fingerprint density at radius 3 is 2.50 bits per heavy atom. The van der Waals surface area contributed by atoms with Crippen molar-refractivity contribution in [2.75, 3.05) is 11.9 Å². The van der Waals surface area contributed by atoms with Crippen LogP contribution in [0, 0.1) is 5.92 Å². The highest BCUT2D eigenvalue weighted by Gasteiger charge is 2.16. The molecule has 1 aromatic carbocycles. The molecule has 0 radical (unpaired) electrons. The zero-order chi connectivity index (χ0) is 13.7. The maximum absolute atomic E-state index is 11.7. The van der Waals surface area contributed by atoms with Gasteiger partial charge < -0.3 is 15.8 Å². The van der Waals surface area contributed by atoms with Crippen LogP contribution in [-0.2, 0) is 4.79 Å². The van der Waals surface area contributed by atoms with E-state index in [9.17, 15) is 4.79 Å². The topological polar surface area (TPSA) is 64.4 Å². The molecule has 0 spiro atoms. The maximum Gasteiger partial charge on any atom is 0.228 e. The standard InChI is InChI=1S/C15H22N2O2.ClH/c1-11(10-16)15(18)17-12-6-8-14(9-7-12)19-13-4-2-3-5-13;/h6-9,11,13H,2-5,10,16H2,1H3,(H,17,18);1H. The zero-order valence-electron chi connectivity index (χ0n) is 11.8. The van der Waals surface area contributed by atoms with Crippen molar-refractivity contribution >= 4 is 24.0 Å². The molecule has 1 aromatic rings. The van der Waals surface area contributed by atoms with Crippen LogP contribution in [0.3, 0.4) is 0 Å². The number of halogens is 1. The Kier molecular flexibility index (Phi) is 6.82. The molecule has 1 unspecified atom stereocenters. The number of anilines is 1. The van der Waals surface area contributed by atoms with Crippen LogP contribution in [-0.4, -0.2) is 18.6 Å². The van der Waals surface area contributed by atoms with Crippen molar-refractivity contribution in [2.45, 2.75) is 38.7 Å². The molecule has 1 fully saturated rings. The lowest BCUT2D eigenvalue weighted by Gasteiger charge is -2.14. The third-order valence-corrected chi connectivity index (χ3v) is 3.53. The molecular formula is C15H23ClN2O2. The van der Waals surface area contributed by atoms with E-state index in [2.05, 4.69) is 5.32 Å². The monoisotopic (exact) mass is 298 g/mol. The lowest BCUT2D eigenvalue weighted by molar-refractivity contribution is -0.119. The van der Waals surface area contributed by atoms with Gasteiger partial charge >= 0.3 is 0 Å². The molecule has 112 valence electrons. The first kappa shape index (κ1) is 16.8. The largest absolute Gasteiger partial charge is 0.490 e. The minimum absolute atomic E-state index is 0. The summed E-state index contributed by atoms with van der Waals surface area (Å²) in [6.07, 6.45) is 5.17. The van der Waals surface area contributed by atoms with E-state index in [4.69, 9.17) is 10.5 Å². The fourth-order valence-corrected chi connectivity index (χ4v) is 2.19. The summed E-state index contributed by atoms with van der Waals surface area (Å²) >= 11 is 0. The Morgan fingerprint density at radius 1 is 1.35 bits per heavy atom. The minimum Gasteiger partial charge on any atom is -0.490 e. The normalized spacial score (nSPS) is 16.3. The van der Waals surface area contributed by atoms with Gasteiger partial charge in [0.15, 0.2) is 0 Å². The van der Waals surface area contributed by atoms with Crippen LogP contribution in [0.5, 0.6) is 5.75 Å². The second kappa shape index (κ2) is 8.12. The first-order valence-corrected chi connectivity index (χ1v) is 6.96. The number of amides is 1. The molecule has 2 rings (SSSR count). The number of carbonyl (C=O) groups excluding carboxylic acids is 1. The number of rotatable bonds is 5. The quantitative estimate of drug-likeness (QED) is 0.878. The summed E-state index contributed by atoms with van der Waals surface area (Å²) in [6, 6.07) is 7.54. The Bertz CT molecular complexity index is 416. The number of nitrogens with two attached hydrogens (primary N) is 1. The van der Waals surface area contributed by atoms with Gasteiger partial charge in [-0.2, -0.15) is 0 Å². The van der Waals surface area contributed by atoms with Crippen LogP contribution in [0.1, 0.15) is 32.6 Å². The molecule has 20 heavy (non-hydrogen) atoms. The van der Waals surface area contributed by atoms with Gasteiger partial charge in [0.25, 0.3) is 0 Å². The van der Waals surface area contributed by atoms with Crippen molar-refractivity contribution in [3.05, 3.63) is 24.3 Å². The third kappa shape index (κ3) is 4.69. The van der Waals surface area contributed by atoms with Crippen LogP contribution >= 0.6 is 12.4 Å². The van der Waals surface area contributed by atoms with E-state index in [1.165, 1.54) is 12.8 Å². The number of nitrogens with one attached hydrogen (secondary N) is 1. The van der Waals surface area contributed by atoms with Gasteiger partial charge in [-0.05, 0) is 49.9 Å². The summed E-state index contributed by atoms with van der Waals surface area (Å²) in [4.78, 5) is 11.7. The van der Waals surface area contributed by atoms with Gasteiger partial charge in [-0.25, -0.2) is 0 Å². The molecule has 1 atom stereocenters. The predicted octanol–water partition coefficient (Wildman–Crippen LogP) is 2.96. The van der Waals surface area contributed by atoms with E-state index in [0.29, 0.717) is 12.6 Å². The lowest BCUT2D eigenvalue weighted by Crippen LogP contribution is -2.26. The molecule has 1 saturated carbocycles. The van der Waals surface area contributed by atoms with E-state index < -0.39 is 0 Å². The average molecular weight is 299 g/mol. The number of ether oxygens (including phenoxy) is 1. The Hall–Kier alpha value is -1.26. The SMILES string of the molecule is CC(CN)C(=O)Nc1ccc(OC2CCCC2)cc1.Cl. The molecule has 0 saturated heterocycles.